The van der Waals surface area contributed by atoms with Crippen LogP contribution in [0, 0.1) is 19.8 Å². The van der Waals surface area contributed by atoms with Crippen LogP contribution in [0.4, 0.5) is 0 Å². The zero-order chi connectivity index (χ0) is 13.7. The average molecular weight is 248 g/mol. The first-order chi connectivity index (χ1) is 8.49. The van der Waals surface area contributed by atoms with Crippen LogP contribution in [-0.2, 0) is 0 Å². The van der Waals surface area contributed by atoms with E-state index in [1.54, 1.807) is 0 Å². The summed E-state index contributed by atoms with van der Waals surface area (Å²) in [5.74, 6) is 0.440. The zero-order valence-electron chi connectivity index (χ0n) is 11.9. The highest BCUT2D eigenvalue weighted by molar-refractivity contribution is 5.95. The molecule has 1 aromatic rings. The van der Waals surface area contributed by atoms with Gasteiger partial charge in [-0.05, 0) is 44.9 Å². The SMILES string of the molecule is CCN(CC(C)CN)C(=O)c1ccc(C)cc1C. The topological polar surface area (TPSA) is 46.3 Å². The summed E-state index contributed by atoms with van der Waals surface area (Å²) in [6.45, 7) is 10.1. The largest absolute Gasteiger partial charge is 0.339 e. The van der Waals surface area contributed by atoms with Crippen molar-refractivity contribution >= 4 is 5.91 Å². The summed E-state index contributed by atoms with van der Waals surface area (Å²) >= 11 is 0. The van der Waals surface area contributed by atoms with Crippen molar-refractivity contribution in [3.05, 3.63) is 34.9 Å². The normalized spacial score (nSPS) is 12.3. The van der Waals surface area contributed by atoms with Gasteiger partial charge < -0.3 is 10.6 Å². The number of amides is 1. The Hall–Kier alpha value is -1.35. The highest BCUT2D eigenvalue weighted by atomic mass is 16.2. The van der Waals surface area contributed by atoms with Gasteiger partial charge in [-0.3, -0.25) is 4.79 Å². The molecule has 3 heteroatoms. The second-order valence-electron chi connectivity index (χ2n) is 5.00. The Morgan fingerprint density at radius 2 is 2.06 bits per heavy atom. The van der Waals surface area contributed by atoms with E-state index in [9.17, 15) is 4.79 Å². The molecular formula is C15H24N2O. The summed E-state index contributed by atoms with van der Waals surface area (Å²) in [6, 6.07) is 5.95. The van der Waals surface area contributed by atoms with Crippen molar-refractivity contribution < 1.29 is 4.79 Å². The van der Waals surface area contributed by atoms with Crippen molar-refractivity contribution in [1.82, 2.24) is 4.90 Å². The van der Waals surface area contributed by atoms with Crippen LogP contribution in [0.15, 0.2) is 18.2 Å². The van der Waals surface area contributed by atoms with E-state index in [4.69, 9.17) is 5.73 Å². The fraction of sp³-hybridized carbons (Fsp3) is 0.533. The number of aryl methyl sites for hydroxylation is 2. The molecule has 1 amide bonds. The fourth-order valence-electron chi connectivity index (χ4n) is 2.03. The standard InChI is InChI=1S/C15H24N2O/c1-5-17(10-12(3)9-16)15(18)14-7-6-11(2)8-13(14)4/h6-8,12H,5,9-10,16H2,1-4H3. The molecule has 0 aliphatic rings. The molecule has 1 aromatic carbocycles. The summed E-state index contributed by atoms with van der Waals surface area (Å²) in [6.07, 6.45) is 0. The van der Waals surface area contributed by atoms with E-state index in [0.717, 1.165) is 24.2 Å². The minimum Gasteiger partial charge on any atom is -0.339 e. The van der Waals surface area contributed by atoms with E-state index in [1.807, 2.05) is 43.9 Å². The monoisotopic (exact) mass is 248 g/mol. The van der Waals surface area contributed by atoms with E-state index in [1.165, 1.54) is 5.56 Å². The van der Waals surface area contributed by atoms with Crippen molar-refractivity contribution in [3.8, 4) is 0 Å². The van der Waals surface area contributed by atoms with Gasteiger partial charge in [-0.2, -0.15) is 0 Å². The van der Waals surface area contributed by atoms with E-state index < -0.39 is 0 Å². The Balaban J connectivity index is 2.89. The molecular weight excluding hydrogens is 224 g/mol. The van der Waals surface area contributed by atoms with E-state index in [-0.39, 0.29) is 5.91 Å². The maximum atomic E-state index is 12.4. The van der Waals surface area contributed by atoms with E-state index in [0.29, 0.717) is 12.5 Å². The van der Waals surface area contributed by atoms with Gasteiger partial charge in [-0.1, -0.05) is 24.6 Å². The molecule has 1 unspecified atom stereocenters. The number of benzene rings is 1. The molecule has 0 aromatic heterocycles. The first-order valence-electron chi connectivity index (χ1n) is 6.56. The molecule has 1 atom stereocenters. The molecule has 100 valence electrons. The molecule has 0 radical (unpaired) electrons. The molecule has 2 N–H and O–H groups in total. The average Bonchev–Trinajstić information content (AvgIpc) is 2.34. The Morgan fingerprint density at radius 3 is 2.56 bits per heavy atom. The van der Waals surface area contributed by atoms with Crippen LogP contribution in [-0.4, -0.2) is 30.4 Å². The summed E-state index contributed by atoms with van der Waals surface area (Å²) in [5.41, 5.74) is 8.65. The van der Waals surface area contributed by atoms with Crippen molar-refractivity contribution in [1.29, 1.82) is 0 Å². The van der Waals surface area contributed by atoms with Gasteiger partial charge in [-0.15, -0.1) is 0 Å². The summed E-state index contributed by atoms with van der Waals surface area (Å²) in [4.78, 5) is 14.3. The van der Waals surface area contributed by atoms with Gasteiger partial charge in [0.1, 0.15) is 0 Å². The Bertz CT molecular complexity index is 415. The molecule has 0 aliphatic carbocycles. The number of hydrogen-bond acceptors (Lipinski definition) is 2. The van der Waals surface area contributed by atoms with Gasteiger partial charge in [0.05, 0.1) is 0 Å². The number of carbonyl (C=O) groups is 1. The van der Waals surface area contributed by atoms with Crippen LogP contribution < -0.4 is 5.73 Å². The number of nitrogens with zero attached hydrogens (tertiary/aromatic N) is 1. The molecule has 18 heavy (non-hydrogen) atoms. The number of hydrogen-bond donors (Lipinski definition) is 1. The van der Waals surface area contributed by atoms with Gasteiger partial charge in [0, 0.05) is 18.7 Å². The summed E-state index contributed by atoms with van der Waals surface area (Å²) < 4.78 is 0. The predicted molar refractivity (Wildman–Crippen MR) is 75.7 cm³/mol. The maximum Gasteiger partial charge on any atom is 0.254 e. The smallest absolute Gasteiger partial charge is 0.254 e. The predicted octanol–water partition coefficient (Wildman–Crippen LogP) is 2.36. The molecule has 3 nitrogen and oxygen atoms in total. The van der Waals surface area contributed by atoms with Crippen molar-refractivity contribution in [2.24, 2.45) is 11.7 Å². The lowest BCUT2D eigenvalue weighted by Crippen LogP contribution is -2.36. The first-order valence-corrected chi connectivity index (χ1v) is 6.56. The molecule has 1 rings (SSSR count). The Kier molecular flexibility index (Phi) is 5.35. The lowest BCUT2D eigenvalue weighted by Gasteiger charge is -2.24. The van der Waals surface area contributed by atoms with Gasteiger partial charge in [0.15, 0.2) is 0 Å². The lowest BCUT2D eigenvalue weighted by molar-refractivity contribution is 0.0743. The van der Waals surface area contributed by atoms with E-state index >= 15 is 0 Å². The number of carbonyl (C=O) groups excluding carboxylic acids is 1. The second-order valence-corrected chi connectivity index (χ2v) is 5.00. The van der Waals surface area contributed by atoms with Crippen molar-refractivity contribution in [3.63, 3.8) is 0 Å². The number of nitrogens with two attached hydrogens (primary N) is 1. The molecule has 0 saturated carbocycles. The highest BCUT2D eigenvalue weighted by Crippen LogP contribution is 2.14. The quantitative estimate of drug-likeness (QED) is 0.869. The third-order valence-corrected chi connectivity index (χ3v) is 3.22. The highest BCUT2D eigenvalue weighted by Gasteiger charge is 2.17. The van der Waals surface area contributed by atoms with Gasteiger partial charge in [-0.25, -0.2) is 0 Å². The van der Waals surface area contributed by atoms with Crippen LogP contribution in [0.3, 0.4) is 0 Å². The van der Waals surface area contributed by atoms with E-state index in [2.05, 4.69) is 6.92 Å². The zero-order valence-corrected chi connectivity index (χ0v) is 11.9. The fourth-order valence-corrected chi connectivity index (χ4v) is 2.03. The second kappa shape index (κ2) is 6.55. The molecule has 0 heterocycles. The molecule has 0 aliphatic heterocycles. The van der Waals surface area contributed by atoms with Crippen LogP contribution in [0.1, 0.15) is 35.3 Å². The van der Waals surface area contributed by atoms with Crippen molar-refractivity contribution in [2.75, 3.05) is 19.6 Å². The van der Waals surface area contributed by atoms with Crippen LogP contribution in [0.25, 0.3) is 0 Å². The first kappa shape index (κ1) is 14.7. The molecule has 0 bridgehead atoms. The van der Waals surface area contributed by atoms with Gasteiger partial charge >= 0.3 is 0 Å². The maximum absolute atomic E-state index is 12.4. The summed E-state index contributed by atoms with van der Waals surface area (Å²) in [7, 11) is 0. The molecule has 0 fully saturated rings. The molecule has 0 saturated heterocycles. The molecule has 0 spiro atoms. The Morgan fingerprint density at radius 1 is 1.39 bits per heavy atom. The Labute approximate surface area is 110 Å². The number of rotatable bonds is 5. The summed E-state index contributed by atoms with van der Waals surface area (Å²) in [5, 5.41) is 0. The van der Waals surface area contributed by atoms with Crippen molar-refractivity contribution in [2.45, 2.75) is 27.7 Å². The van der Waals surface area contributed by atoms with Gasteiger partial charge in [0.25, 0.3) is 5.91 Å². The lowest BCUT2D eigenvalue weighted by atomic mass is 10.0. The third kappa shape index (κ3) is 3.57. The van der Waals surface area contributed by atoms with Gasteiger partial charge in [0.2, 0.25) is 0 Å². The third-order valence-electron chi connectivity index (χ3n) is 3.22. The minimum atomic E-state index is 0.107. The van der Waals surface area contributed by atoms with Crippen LogP contribution in [0.5, 0.6) is 0 Å². The van der Waals surface area contributed by atoms with Crippen LogP contribution >= 0.6 is 0 Å². The minimum absolute atomic E-state index is 0.107. The van der Waals surface area contributed by atoms with Crippen LogP contribution in [0.2, 0.25) is 0 Å².